The fourth-order valence-electron chi connectivity index (χ4n) is 0.922. The first-order valence-electron chi connectivity index (χ1n) is 2.88. The third kappa shape index (κ3) is 0.892. The number of ketones is 1. The van der Waals surface area contributed by atoms with Crippen molar-refractivity contribution in [2.45, 2.75) is 32.5 Å². The van der Waals surface area contributed by atoms with Crippen LogP contribution in [0.4, 0.5) is 0 Å². The summed E-state index contributed by atoms with van der Waals surface area (Å²) in [5.41, 5.74) is 0. The summed E-state index contributed by atoms with van der Waals surface area (Å²) in [5.74, 6) is 0.234. The molecule has 46 valence electrons. The van der Waals surface area contributed by atoms with Crippen molar-refractivity contribution < 1.29 is 9.53 Å². The van der Waals surface area contributed by atoms with Gasteiger partial charge in [-0.2, -0.15) is 0 Å². The van der Waals surface area contributed by atoms with Crippen LogP contribution in [-0.4, -0.2) is 18.0 Å². The molecule has 1 heterocycles. The van der Waals surface area contributed by atoms with E-state index >= 15 is 0 Å². The third-order valence-corrected chi connectivity index (χ3v) is 1.38. The average molecular weight is 114 g/mol. The quantitative estimate of drug-likeness (QED) is 0.464. The van der Waals surface area contributed by atoms with Crippen LogP contribution in [0, 0.1) is 0 Å². The molecule has 1 fully saturated rings. The molecule has 0 aromatic heterocycles. The highest BCUT2D eigenvalue weighted by atomic mass is 16.5. The number of rotatable bonds is 0. The highest BCUT2D eigenvalue weighted by Crippen LogP contribution is 2.13. The van der Waals surface area contributed by atoms with Gasteiger partial charge in [0.2, 0.25) is 0 Å². The molecule has 0 unspecified atom stereocenters. The van der Waals surface area contributed by atoms with E-state index in [2.05, 4.69) is 0 Å². The molecule has 0 amide bonds. The molecule has 0 N–H and O–H groups in total. The zero-order chi connectivity index (χ0) is 6.15. The monoisotopic (exact) mass is 114 g/mol. The molecule has 0 spiro atoms. The summed E-state index contributed by atoms with van der Waals surface area (Å²) in [7, 11) is 0. The second-order valence-electron chi connectivity index (χ2n) is 2.26. The van der Waals surface area contributed by atoms with Crippen molar-refractivity contribution >= 4 is 5.78 Å². The van der Waals surface area contributed by atoms with Crippen LogP contribution in [0.25, 0.3) is 0 Å². The van der Waals surface area contributed by atoms with E-state index in [1.54, 1.807) is 6.92 Å². The fourth-order valence-corrected chi connectivity index (χ4v) is 0.922. The Bertz CT molecular complexity index is 109. The van der Waals surface area contributed by atoms with E-state index in [4.69, 9.17) is 4.74 Å². The maximum absolute atomic E-state index is 10.7. The molecule has 2 atom stereocenters. The molecule has 2 heteroatoms. The van der Waals surface area contributed by atoms with Gasteiger partial charge in [0, 0.05) is 6.42 Å². The van der Waals surface area contributed by atoms with Gasteiger partial charge in [-0.1, -0.05) is 0 Å². The molecule has 2 nitrogen and oxygen atoms in total. The molecule has 0 aromatic rings. The molecule has 0 aliphatic carbocycles. The van der Waals surface area contributed by atoms with E-state index < -0.39 is 0 Å². The van der Waals surface area contributed by atoms with Crippen molar-refractivity contribution in [3.63, 3.8) is 0 Å². The predicted octanol–water partition coefficient (Wildman–Crippen LogP) is 0.753. The standard InChI is InChI=1S/C6H10O2/c1-4-3-6(7)5(2)8-4/h4-5H,3H2,1-2H3/t4-,5-/m0/s1. The first-order valence-corrected chi connectivity index (χ1v) is 2.88. The number of ether oxygens (including phenoxy) is 1. The van der Waals surface area contributed by atoms with Crippen molar-refractivity contribution in [1.29, 1.82) is 0 Å². The largest absolute Gasteiger partial charge is 0.367 e. The number of carbonyl (C=O) groups is 1. The van der Waals surface area contributed by atoms with Gasteiger partial charge in [-0.25, -0.2) is 0 Å². The Morgan fingerprint density at radius 3 is 2.38 bits per heavy atom. The van der Waals surface area contributed by atoms with Gasteiger partial charge < -0.3 is 4.74 Å². The summed E-state index contributed by atoms with van der Waals surface area (Å²) in [6.07, 6.45) is 0.601. The van der Waals surface area contributed by atoms with Gasteiger partial charge in [-0.3, -0.25) is 4.79 Å². The molecule has 1 rings (SSSR count). The molecule has 0 saturated carbocycles. The number of carbonyl (C=O) groups excluding carboxylic acids is 1. The molecular formula is C6H10O2. The Labute approximate surface area is 48.8 Å². The third-order valence-electron chi connectivity index (χ3n) is 1.38. The van der Waals surface area contributed by atoms with Crippen LogP contribution in [0.3, 0.4) is 0 Å². The van der Waals surface area contributed by atoms with E-state index in [-0.39, 0.29) is 18.0 Å². The lowest BCUT2D eigenvalue weighted by Crippen LogP contribution is -2.08. The Balaban J connectivity index is 2.51. The predicted molar refractivity (Wildman–Crippen MR) is 29.6 cm³/mol. The summed E-state index contributed by atoms with van der Waals surface area (Å²) >= 11 is 0. The minimum absolute atomic E-state index is 0.148. The maximum Gasteiger partial charge on any atom is 0.163 e. The van der Waals surface area contributed by atoms with E-state index in [1.165, 1.54) is 0 Å². The van der Waals surface area contributed by atoms with Gasteiger partial charge in [-0.15, -0.1) is 0 Å². The molecular weight excluding hydrogens is 104 g/mol. The maximum atomic E-state index is 10.7. The lowest BCUT2D eigenvalue weighted by molar-refractivity contribution is -0.121. The van der Waals surface area contributed by atoms with Crippen molar-refractivity contribution in [2.24, 2.45) is 0 Å². The number of hydrogen-bond acceptors (Lipinski definition) is 2. The van der Waals surface area contributed by atoms with Gasteiger partial charge in [-0.05, 0) is 13.8 Å². The first-order chi connectivity index (χ1) is 3.70. The van der Waals surface area contributed by atoms with Crippen molar-refractivity contribution in [3.05, 3.63) is 0 Å². The zero-order valence-electron chi connectivity index (χ0n) is 5.18. The van der Waals surface area contributed by atoms with E-state index in [0.29, 0.717) is 6.42 Å². The van der Waals surface area contributed by atoms with Gasteiger partial charge in [0.05, 0.1) is 6.10 Å². The lowest BCUT2D eigenvalue weighted by Gasteiger charge is -1.99. The van der Waals surface area contributed by atoms with Gasteiger partial charge in [0.1, 0.15) is 6.10 Å². The molecule has 0 bridgehead atoms. The minimum Gasteiger partial charge on any atom is -0.367 e. The Morgan fingerprint density at radius 1 is 1.62 bits per heavy atom. The van der Waals surface area contributed by atoms with Crippen LogP contribution in [0.15, 0.2) is 0 Å². The molecule has 1 aliphatic heterocycles. The Kier molecular flexibility index (Phi) is 1.34. The van der Waals surface area contributed by atoms with Gasteiger partial charge in [0.25, 0.3) is 0 Å². The van der Waals surface area contributed by atoms with Crippen LogP contribution in [-0.2, 0) is 9.53 Å². The summed E-state index contributed by atoms with van der Waals surface area (Å²) < 4.78 is 5.12. The van der Waals surface area contributed by atoms with E-state index in [1.807, 2.05) is 6.92 Å². The van der Waals surface area contributed by atoms with Crippen LogP contribution < -0.4 is 0 Å². The second-order valence-corrected chi connectivity index (χ2v) is 2.26. The molecule has 0 radical (unpaired) electrons. The minimum atomic E-state index is -0.148. The first kappa shape index (κ1) is 5.76. The summed E-state index contributed by atoms with van der Waals surface area (Å²) in [6, 6.07) is 0. The van der Waals surface area contributed by atoms with Crippen LogP contribution in [0.2, 0.25) is 0 Å². The Hall–Kier alpha value is -0.370. The SMILES string of the molecule is C[C@@H]1O[C@@H](C)CC1=O. The second kappa shape index (κ2) is 1.86. The fraction of sp³-hybridized carbons (Fsp3) is 0.833. The number of Topliss-reactive ketones (excluding diaryl/α,β-unsaturated/α-hetero) is 1. The normalized spacial score (nSPS) is 38.5. The smallest absolute Gasteiger partial charge is 0.163 e. The summed E-state index contributed by atoms with van der Waals surface area (Å²) in [5, 5.41) is 0. The van der Waals surface area contributed by atoms with Crippen molar-refractivity contribution in [3.8, 4) is 0 Å². The van der Waals surface area contributed by atoms with E-state index in [9.17, 15) is 4.79 Å². The topological polar surface area (TPSA) is 26.3 Å². The average Bonchev–Trinajstić information content (AvgIpc) is 1.85. The molecule has 1 saturated heterocycles. The zero-order valence-corrected chi connectivity index (χ0v) is 5.18. The van der Waals surface area contributed by atoms with Crippen LogP contribution in [0.5, 0.6) is 0 Å². The highest BCUT2D eigenvalue weighted by molar-refractivity contribution is 5.84. The van der Waals surface area contributed by atoms with Crippen molar-refractivity contribution in [1.82, 2.24) is 0 Å². The van der Waals surface area contributed by atoms with E-state index in [0.717, 1.165) is 0 Å². The lowest BCUT2D eigenvalue weighted by atomic mass is 10.2. The van der Waals surface area contributed by atoms with Crippen LogP contribution in [0.1, 0.15) is 20.3 Å². The van der Waals surface area contributed by atoms with Crippen LogP contribution >= 0.6 is 0 Å². The highest BCUT2D eigenvalue weighted by Gasteiger charge is 2.25. The summed E-state index contributed by atoms with van der Waals surface area (Å²) in [4.78, 5) is 10.7. The number of hydrogen-bond donors (Lipinski definition) is 0. The Morgan fingerprint density at radius 2 is 2.25 bits per heavy atom. The van der Waals surface area contributed by atoms with Gasteiger partial charge in [0.15, 0.2) is 5.78 Å². The molecule has 1 aliphatic rings. The van der Waals surface area contributed by atoms with Gasteiger partial charge >= 0.3 is 0 Å². The molecule has 0 aromatic carbocycles. The molecule has 8 heavy (non-hydrogen) atoms. The summed E-state index contributed by atoms with van der Waals surface area (Å²) in [6.45, 7) is 3.72. The van der Waals surface area contributed by atoms with Crippen molar-refractivity contribution in [2.75, 3.05) is 0 Å².